The van der Waals surface area contributed by atoms with E-state index >= 15 is 0 Å². The SMILES string of the molecule is C/C(CC(=O)Nc1cc(Cl)cc(Cl)c1)=N\NC(=O)C(C)Oc1ccc(Cl)cc1Cl. The summed E-state index contributed by atoms with van der Waals surface area (Å²) < 4.78 is 5.50. The highest BCUT2D eigenvalue weighted by Gasteiger charge is 2.16. The van der Waals surface area contributed by atoms with Crippen LogP contribution >= 0.6 is 46.4 Å². The van der Waals surface area contributed by atoms with E-state index in [4.69, 9.17) is 51.1 Å². The number of halogens is 4. The number of carbonyl (C=O) groups is 2. The Hall–Kier alpha value is -1.99. The number of nitrogens with one attached hydrogen (secondary N) is 2. The van der Waals surface area contributed by atoms with E-state index in [9.17, 15) is 9.59 Å². The van der Waals surface area contributed by atoms with E-state index in [-0.39, 0.29) is 17.4 Å². The van der Waals surface area contributed by atoms with E-state index in [1.807, 2.05) is 0 Å². The van der Waals surface area contributed by atoms with Crippen molar-refractivity contribution in [3.63, 3.8) is 0 Å². The van der Waals surface area contributed by atoms with Gasteiger partial charge in [0, 0.05) is 26.5 Å². The minimum absolute atomic E-state index is 0.0390. The molecule has 0 bridgehead atoms. The van der Waals surface area contributed by atoms with E-state index in [0.717, 1.165) is 0 Å². The molecule has 1 atom stereocenters. The molecular weight excluding hydrogens is 460 g/mol. The molecule has 0 aromatic heterocycles. The maximum absolute atomic E-state index is 12.1. The van der Waals surface area contributed by atoms with Crippen molar-refractivity contribution in [1.29, 1.82) is 0 Å². The average Bonchev–Trinajstić information content (AvgIpc) is 2.60. The molecule has 1 unspecified atom stereocenters. The van der Waals surface area contributed by atoms with Crippen molar-refractivity contribution in [1.82, 2.24) is 5.43 Å². The summed E-state index contributed by atoms with van der Waals surface area (Å²) in [7, 11) is 0. The van der Waals surface area contributed by atoms with Crippen LogP contribution in [0.1, 0.15) is 20.3 Å². The van der Waals surface area contributed by atoms with Crippen molar-refractivity contribution in [2.45, 2.75) is 26.4 Å². The first-order valence-electron chi connectivity index (χ1n) is 8.34. The minimum Gasteiger partial charge on any atom is -0.479 e. The normalized spacial score (nSPS) is 12.3. The molecule has 2 aromatic carbocycles. The Balaban J connectivity index is 1.87. The summed E-state index contributed by atoms with van der Waals surface area (Å²) in [6, 6.07) is 9.37. The zero-order chi connectivity index (χ0) is 21.6. The Morgan fingerprint density at radius 3 is 2.31 bits per heavy atom. The number of nitrogens with zero attached hydrogens (tertiary/aromatic N) is 1. The van der Waals surface area contributed by atoms with Crippen molar-refractivity contribution in [2.24, 2.45) is 5.10 Å². The van der Waals surface area contributed by atoms with Crippen molar-refractivity contribution in [3.05, 3.63) is 56.5 Å². The van der Waals surface area contributed by atoms with Gasteiger partial charge in [0.15, 0.2) is 6.10 Å². The van der Waals surface area contributed by atoms with Crippen LogP contribution in [0.2, 0.25) is 20.1 Å². The fraction of sp³-hybridized carbons (Fsp3) is 0.211. The zero-order valence-corrected chi connectivity index (χ0v) is 18.5. The number of ether oxygens (including phenoxy) is 1. The average molecular weight is 477 g/mol. The minimum atomic E-state index is -0.868. The largest absolute Gasteiger partial charge is 0.479 e. The summed E-state index contributed by atoms with van der Waals surface area (Å²) in [5.41, 5.74) is 3.21. The standard InChI is InChI=1S/C19H17Cl4N3O3/c1-10(5-18(27)24-15-7-13(21)6-14(22)8-15)25-26-19(28)11(2)29-17-4-3-12(20)9-16(17)23/h3-4,6-9,11H,5H2,1-2H3,(H,24,27)(H,26,28)/b25-10+. The van der Waals surface area contributed by atoms with E-state index < -0.39 is 12.0 Å². The predicted octanol–water partition coefficient (Wildman–Crippen LogP) is 5.59. The molecule has 0 heterocycles. The van der Waals surface area contributed by atoms with Crippen molar-refractivity contribution >= 4 is 69.6 Å². The van der Waals surface area contributed by atoms with E-state index in [1.54, 1.807) is 44.2 Å². The quantitative estimate of drug-likeness (QED) is 0.403. The first kappa shape index (κ1) is 23.3. The highest BCUT2D eigenvalue weighted by molar-refractivity contribution is 6.36. The Bertz CT molecular complexity index is 930. The molecule has 0 saturated carbocycles. The van der Waals surface area contributed by atoms with Gasteiger partial charge in [0.25, 0.3) is 5.91 Å². The lowest BCUT2D eigenvalue weighted by molar-refractivity contribution is -0.127. The molecule has 2 amide bonds. The maximum Gasteiger partial charge on any atom is 0.280 e. The van der Waals surface area contributed by atoms with Crippen LogP contribution in [0.15, 0.2) is 41.5 Å². The number of rotatable bonds is 7. The predicted molar refractivity (Wildman–Crippen MR) is 118 cm³/mol. The van der Waals surface area contributed by atoms with Gasteiger partial charge in [-0.2, -0.15) is 5.10 Å². The molecule has 0 saturated heterocycles. The van der Waals surface area contributed by atoms with Crippen LogP contribution < -0.4 is 15.5 Å². The highest BCUT2D eigenvalue weighted by atomic mass is 35.5. The molecule has 0 fully saturated rings. The number of hydrazone groups is 1. The van der Waals surface area contributed by atoms with Gasteiger partial charge < -0.3 is 10.1 Å². The molecule has 0 aliphatic heterocycles. The molecule has 2 N–H and O–H groups in total. The first-order valence-corrected chi connectivity index (χ1v) is 9.86. The van der Waals surface area contributed by atoms with E-state index in [1.165, 1.54) is 6.07 Å². The molecular formula is C19H17Cl4N3O3. The van der Waals surface area contributed by atoms with Gasteiger partial charge in [-0.15, -0.1) is 0 Å². The van der Waals surface area contributed by atoms with Crippen LogP contribution in [0.25, 0.3) is 0 Å². The number of carbonyl (C=O) groups excluding carboxylic acids is 2. The summed E-state index contributed by atoms with van der Waals surface area (Å²) in [5, 5.41) is 8.12. The Labute approximate surface area is 188 Å². The smallest absolute Gasteiger partial charge is 0.280 e. The van der Waals surface area contributed by atoms with Crippen LogP contribution in [0.4, 0.5) is 5.69 Å². The molecule has 10 heteroatoms. The third-order valence-electron chi connectivity index (χ3n) is 3.49. The summed E-state index contributed by atoms with van der Waals surface area (Å²) in [5.74, 6) is -0.521. The topological polar surface area (TPSA) is 79.8 Å². The van der Waals surface area contributed by atoms with Gasteiger partial charge in [-0.1, -0.05) is 46.4 Å². The molecule has 2 rings (SSSR count). The van der Waals surface area contributed by atoms with Gasteiger partial charge in [-0.25, -0.2) is 5.43 Å². The zero-order valence-electron chi connectivity index (χ0n) is 15.4. The lowest BCUT2D eigenvalue weighted by atomic mass is 10.2. The molecule has 29 heavy (non-hydrogen) atoms. The Morgan fingerprint density at radius 2 is 1.69 bits per heavy atom. The summed E-state index contributed by atoms with van der Waals surface area (Å²) in [4.78, 5) is 24.2. The molecule has 6 nitrogen and oxygen atoms in total. The molecule has 0 aliphatic rings. The van der Waals surface area contributed by atoms with Crippen LogP contribution in [0.3, 0.4) is 0 Å². The number of hydrogen-bond donors (Lipinski definition) is 2. The second-order valence-corrected chi connectivity index (χ2v) is 7.76. The second kappa shape index (κ2) is 10.7. The lowest BCUT2D eigenvalue weighted by Gasteiger charge is -2.14. The van der Waals surface area contributed by atoms with Gasteiger partial charge in [0.2, 0.25) is 5.91 Å². The Kier molecular flexibility index (Phi) is 8.59. The van der Waals surface area contributed by atoms with Crippen molar-refractivity contribution in [2.75, 3.05) is 5.32 Å². The monoisotopic (exact) mass is 475 g/mol. The van der Waals surface area contributed by atoms with Gasteiger partial charge in [-0.05, 0) is 50.2 Å². The Morgan fingerprint density at radius 1 is 1.03 bits per heavy atom. The second-order valence-electron chi connectivity index (χ2n) is 6.04. The van der Waals surface area contributed by atoms with Crippen LogP contribution in [-0.2, 0) is 9.59 Å². The number of hydrogen-bond acceptors (Lipinski definition) is 4. The number of amides is 2. The first-order chi connectivity index (χ1) is 13.6. The van der Waals surface area contributed by atoms with Crippen LogP contribution in [0.5, 0.6) is 5.75 Å². The maximum atomic E-state index is 12.1. The van der Waals surface area contributed by atoms with Gasteiger partial charge in [0.05, 0.1) is 11.4 Å². The van der Waals surface area contributed by atoms with Crippen LogP contribution in [0, 0.1) is 0 Å². The number of benzene rings is 2. The summed E-state index contributed by atoms with van der Waals surface area (Å²) in [6.07, 6.45) is -0.907. The summed E-state index contributed by atoms with van der Waals surface area (Å²) in [6.45, 7) is 3.15. The molecule has 0 aliphatic carbocycles. The fourth-order valence-corrected chi connectivity index (χ4v) is 3.14. The third-order valence-corrected chi connectivity index (χ3v) is 4.45. The van der Waals surface area contributed by atoms with Crippen molar-refractivity contribution < 1.29 is 14.3 Å². The van der Waals surface area contributed by atoms with Gasteiger partial charge in [-0.3, -0.25) is 9.59 Å². The third kappa shape index (κ3) is 7.74. The molecule has 2 aromatic rings. The molecule has 0 spiro atoms. The van der Waals surface area contributed by atoms with Gasteiger partial charge >= 0.3 is 0 Å². The fourth-order valence-electron chi connectivity index (χ4n) is 2.16. The molecule has 154 valence electrons. The van der Waals surface area contributed by atoms with Gasteiger partial charge in [0.1, 0.15) is 5.75 Å². The molecule has 0 radical (unpaired) electrons. The van der Waals surface area contributed by atoms with E-state index in [0.29, 0.717) is 32.2 Å². The highest BCUT2D eigenvalue weighted by Crippen LogP contribution is 2.28. The van der Waals surface area contributed by atoms with Crippen molar-refractivity contribution in [3.8, 4) is 5.75 Å². The lowest BCUT2D eigenvalue weighted by Crippen LogP contribution is -2.34. The van der Waals surface area contributed by atoms with E-state index in [2.05, 4.69) is 15.8 Å². The number of anilines is 1. The van der Waals surface area contributed by atoms with Crippen LogP contribution in [-0.4, -0.2) is 23.6 Å². The summed E-state index contributed by atoms with van der Waals surface area (Å²) >= 11 is 23.6.